The third-order valence-electron chi connectivity index (χ3n) is 21.0. The number of ether oxygens (including phenoxy) is 2. The van der Waals surface area contributed by atoms with E-state index in [2.05, 4.69) is 76.6 Å². The minimum Gasteiger partial charge on any atom is -0.486 e. The Morgan fingerprint density at radius 3 is 1.82 bits per heavy atom. The first-order chi connectivity index (χ1) is 55.5. The summed E-state index contributed by atoms with van der Waals surface area (Å²) >= 11 is 1.64. The number of aryl methyl sites for hydroxylation is 3. The number of nitrogens with zero attached hydrogens (tertiary/aromatic N) is 5. The van der Waals surface area contributed by atoms with E-state index >= 15 is 0 Å². The minimum atomic E-state index is -4.40. The number of carbonyl (C=O) groups is 5. The molecule has 1 aliphatic heterocycles. The van der Waals surface area contributed by atoms with Crippen LogP contribution in [0.25, 0.3) is 32.6 Å². The Hall–Kier alpha value is -10.9. The number of para-hydroxylation sites is 1. The Morgan fingerprint density at radius 2 is 1.19 bits per heavy atom. The normalized spacial score (nSPS) is 13.4. The smallest absolute Gasteiger partial charge is 0.365 e. The molecule has 12 rings (SSSR count). The van der Waals surface area contributed by atoms with Crippen molar-refractivity contribution in [2.45, 2.75) is 160 Å². The summed E-state index contributed by atoms with van der Waals surface area (Å²) in [6.45, 7) is 18.2. The second-order valence-electron chi connectivity index (χ2n) is 29.4. The molecule has 10 aromatic carbocycles. The van der Waals surface area contributed by atoms with Crippen LogP contribution in [-0.2, 0) is 32.2 Å². The zero-order chi connectivity index (χ0) is 82.2. The second-order valence-corrected chi connectivity index (χ2v) is 30.5. The van der Waals surface area contributed by atoms with Crippen LogP contribution in [-0.4, -0.2) is 115 Å². The SMILES string of the molecule is CCC(Cc1ccccc1)(C(=O)c1ccc(N2CCOCC2)cc1)N(C)C.CCCCC(CC)Cn1c2ccc(/C(=N\OC(C)=O)c3ccccc3OCC(F)(F)C(F)F)cc2c2cc(C(=O)c3c(C)cc(C)cc3C)c3ccccc3c21.CCCCCC/C(=N/OC(=O)c1ccccc1)C(=O)c1ccc(Sc2ccccc2)cc1. The lowest BCUT2D eigenvalue weighted by molar-refractivity contribution is -0.148. The van der Waals surface area contributed by atoms with Crippen molar-refractivity contribution in [1.29, 1.82) is 0 Å². The number of fused-ring (bicyclic) bond motifs is 5. The number of morpholine rings is 1. The number of hydrogen-bond acceptors (Lipinski definition) is 14. The van der Waals surface area contributed by atoms with Crippen LogP contribution < -0.4 is 9.64 Å². The molecular weight excluding hydrogens is 1480 g/mol. The number of hydrogen-bond donors (Lipinski definition) is 0. The van der Waals surface area contributed by atoms with Gasteiger partial charge in [-0.05, 0) is 198 Å². The highest BCUT2D eigenvalue weighted by molar-refractivity contribution is 7.99. The third kappa shape index (κ3) is 22.2. The zero-order valence-electron chi connectivity index (χ0n) is 67.4. The van der Waals surface area contributed by atoms with E-state index in [-0.39, 0.29) is 40.1 Å². The van der Waals surface area contributed by atoms with E-state index in [9.17, 15) is 41.5 Å². The lowest BCUT2D eigenvalue weighted by atomic mass is 9.80. The van der Waals surface area contributed by atoms with Crippen molar-refractivity contribution < 1.29 is 60.7 Å². The van der Waals surface area contributed by atoms with Gasteiger partial charge in [0.2, 0.25) is 5.78 Å². The molecule has 0 spiro atoms. The van der Waals surface area contributed by atoms with Gasteiger partial charge in [-0.2, -0.15) is 8.78 Å². The van der Waals surface area contributed by atoms with Crippen molar-refractivity contribution in [2.24, 2.45) is 16.2 Å². The fourth-order valence-corrected chi connectivity index (χ4v) is 15.6. The van der Waals surface area contributed by atoms with Crippen LogP contribution in [0.15, 0.2) is 245 Å². The van der Waals surface area contributed by atoms with Gasteiger partial charge in [-0.25, -0.2) is 18.4 Å². The lowest BCUT2D eigenvalue weighted by Crippen LogP contribution is -2.52. The maximum atomic E-state index is 14.7. The van der Waals surface area contributed by atoms with Crippen LogP contribution in [0, 0.1) is 26.7 Å². The Balaban J connectivity index is 0.000000200. The van der Waals surface area contributed by atoms with Crippen LogP contribution in [0.5, 0.6) is 5.75 Å². The first-order valence-electron chi connectivity index (χ1n) is 39.6. The summed E-state index contributed by atoms with van der Waals surface area (Å²) in [4.78, 5) is 82.5. The summed E-state index contributed by atoms with van der Waals surface area (Å²) in [6, 6.07) is 70.1. The molecule has 0 aliphatic carbocycles. The van der Waals surface area contributed by atoms with Crippen LogP contribution >= 0.6 is 11.8 Å². The Kier molecular flexibility index (Phi) is 31.2. The van der Waals surface area contributed by atoms with Gasteiger partial charge in [-0.15, -0.1) is 0 Å². The molecule has 2 heterocycles. The number of likely N-dealkylation sites (N-methyl/N-ethyl adjacent to an activating group) is 1. The largest absolute Gasteiger partial charge is 0.486 e. The number of aromatic nitrogens is 1. The lowest BCUT2D eigenvalue weighted by Gasteiger charge is -2.38. The van der Waals surface area contributed by atoms with Gasteiger partial charge in [0.25, 0.3) is 0 Å². The zero-order valence-corrected chi connectivity index (χ0v) is 68.2. The van der Waals surface area contributed by atoms with Gasteiger partial charge < -0.3 is 28.6 Å². The van der Waals surface area contributed by atoms with Crippen molar-refractivity contribution >= 4 is 90.7 Å². The standard InChI is InChI=1S/C46H46F4N2O4.C27H27NO3S.C23H30N2O2/c1-7-9-14-31(8-2)25-52-39-20-19-32(42(51-56-30(6)53)35-17-12-13-18-40(35)55-26-46(49,50)45(47)48)23-36(39)37-24-38(33-15-10-11-16-34(33)43(37)52)44(54)41-28(4)21-27(3)22-29(41)5;1-2-3-4-11-16-25(28-31-27(30)22-12-7-5-8-13-22)26(29)21-17-19-24(20-18-21)32-23-14-9-6-10-15-23;1-4-23(24(2)3,18-19-8-6-5-7-9-19)22(26)20-10-12-21(13-11-20)25-14-16-27-17-15-25/h10-13,15-24,31,45H,7-9,14,25-26H2,1-6H3;5-10,12-15,17-20H,2-4,11,16H2,1H3;5-13H,4,14-18H2,1-3H3/b51-42+;28-25-;. The van der Waals surface area contributed by atoms with E-state index in [1.165, 1.54) is 30.7 Å². The van der Waals surface area contributed by atoms with Gasteiger partial charge in [0.1, 0.15) is 17.2 Å². The molecule has 1 fully saturated rings. The number of oxime groups is 2. The van der Waals surface area contributed by atoms with Crippen LogP contribution in [0.2, 0.25) is 0 Å². The highest BCUT2D eigenvalue weighted by Gasteiger charge is 2.42. The number of carbonyl (C=O) groups excluding carboxylic acids is 5. The van der Waals surface area contributed by atoms with Gasteiger partial charge in [-0.3, -0.25) is 19.3 Å². The summed E-state index contributed by atoms with van der Waals surface area (Å²) in [5, 5.41) is 11.5. The summed E-state index contributed by atoms with van der Waals surface area (Å²) < 4.78 is 67.2. The topological polar surface area (TPSA) is 158 Å². The Morgan fingerprint density at radius 1 is 0.591 bits per heavy atom. The second kappa shape index (κ2) is 41.4. The van der Waals surface area contributed by atoms with Crippen molar-refractivity contribution in [3.05, 3.63) is 286 Å². The van der Waals surface area contributed by atoms with Crippen molar-refractivity contribution in [3.63, 3.8) is 0 Å². The predicted octanol–water partition coefficient (Wildman–Crippen LogP) is 22.8. The molecule has 1 aliphatic rings. The third-order valence-corrected chi connectivity index (χ3v) is 22.0. The highest BCUT2D eigenvalue weighted by Crippen LogP contribution is 2.41. The Labute approximate surface area is 676 Å². The molecule has 600 valence electrons. The van der Waals surface area contributed by atoms with E-state index < -0.39 is 36.4 Å². The monoisotopic (exact) mass is 1580 g/mol. The maximum Gasteiger partial charge on any atom is 0.365 e. The van der Waals surface area contributed by atoms with Crippen molar-refractivity contribution in [3.8, 4) is 5.75 Å². The van der Waals surface area contributed by atoms with Crippen LogP contribution in [0.1, 0.15) is 179 Å². The molecular formula is C96H103F4N5O9S. The molecule has 2 atom stereocenters. The van der Waals surface area contributed by atoms with Gasteiger partial charge in [0.15, 0.2) is 18.2 Å². The summed E-state index contributed by atoms with van der Waals surface area (Å²) in [5.74, 6) is -5.58. The molecule has 19 heteroatoms. The molecule has 0 saturated carbocycles. The summed E-state index contributed by atoms with van der Waals surface area (Å²) in [7, 11) is 4.01. The fourth-order valence-electron chi connectivity index (χ4n) is 14.7. The quantitative estimate of drug-likeness (QED) is 0.00958. The van der Waals surface area contributed by atoms with Gasteiger partial charge in [0.05, 0.1) is 29.8 Å². The molecule has 11 aromatic rings. The number of halogens is 4. The van der Waals surface area contributed by atoms with Gasteiger partial charge >= 0.3 is 24.3 Å². The molecule has 0 bridgehead atoms. The van der Waals surface area contributed by atoms with Crippen LogP contribution in [0.3, 0.4) is 0 Å². The molecule has 115 heavy (non-hydrogen) atoms. The summed E-state index contributed by atoms with van der Waals surface area (Å²) in [5.41, 5.74) is 10.4. The first kappa shape index (κ1) is 86.5. The number of benzene rings is 10. The molecule has 0 amide bonds. The van der Waals surface area contributed by atoms with E-state index in [0.717, 1.165) is 161 Å². The average Bonchev–Trinajstić information content (AvgIpc) is 1.57. The summed E-state index contributed by atoms with van der Waals surface area (Å²) in [6.07, 6.45) is 6.23. The molecule has 1 aromatic heterocycles. The molecule has 0 N–H and O–H groups in total. The highest BCUT2D eigenvalue weighted by atomic mass is 32.2. The molecule has 2 unspecified atom stereocenters. The number of rotatable bonds is 33. The number of unbranched alkanes of at least 4 members (excludes halogenated alkanes) is 4. The number of ketones is 3. The van der Waals surface area contributed by atoms with E-state index in [1.807, 2.05) is 168 Å². The first-order valence-corrected chi connectivity index (χ1v) is 40.4. The van der Waals surface area contributed by atoms with Crippen molar-refractivity contribution in [1.82, 2.24) is 9.47 Å². The predicted molar refractivity (Wildman–Crippen MR) is 455 cm³/mol. The fraction of sp³-hybridized carbons (Fsp3) is 0.323. The van der Waals surface area contributed by atoms with Crippen molar-refractivity contribution in [2.75, 3.05) is 51.9 Å². The van der Waals surface area contributed by atoms with E-state index in [0.29, 0.717) is 46.6 Å². The van der Waals surface area contributed by atoms with Gasteiger partial charge in [-0.1, -0.05) is 215 Å². The molecule has 0 radical (unpaired) electrons. The molecule has 14 nitrogen and oxygen atoms in total. The Bertz CT molecular complexity index is 5160. The number of Topliss-reactive ketones (excluding diaryl/α,β-unsaturated/α-hetero) is 2. The molecule has 1 saturated heterocycles. The van der Waals surface area contributed by atoms with E-state index in [1.54, 1.807) is 60.3 Å². The van der Waals surface area contributed by atoms with E-state index in [4.69, 9.17) is 19.1 Å². The van der Waals surface area contributed by atoms with Crippen LogP contribution in [0.4, 0.5) is 23.2 Å². The minimum absolute atomic E-state index is 0.0661. The van der Waals surface area contributed by atoms with Gasteiger partial charge in [0, 0.05) is 97.1 Å². The average molecular weight is 1580 g/mol. The number of alkyl halides is 4. The number of anilines is 1. The maximum absolute atomic E-state index is 14.7.